The number of methoxy groups -OCH3 is 1. The van der Waals surface area contributed by atoms with Crippen LogP contribution in [0, 0.1) is 0 Å². The second-order valence-corrected chi connectivity index (χ2v) is 8.97. The maximum absolute atomic E-state index is 13.0. The number of carbonyl (C=O) groups excluding carboxylic acids is 1. The Labute approximate surface area is 219 Å². The predicted molar refractivity (Wildman–Crippen MR) is 134 cm³/mol. The Hall–Kier alpha value is -3.70. The lowest BCUT2D eigenvalue weighted by atomic mass is 10.2. The zero-order chi connectivity index (χ0) is 26.4. The van der Waals surface area contributed by atoms with Crippen LogP contribution in [-0.2, 0) is 17.6 Å². The number of thioether (sulfide) groups is 1. The number of nitrogens with zero attached hydrogens (tertiary/aromatic N) is 3. The second kappa shape index (κ2) is 11.6. The van der Waals surface area contributed by atoms with E-state index in [0.29, 0.717) is 33.2 Å². The molecule has 0 aliphatic rings. The number of amides is 1. The highest BCUT2D eigenvalue weighted by atomic mass is 35.5. The Balaban J connectivity index is 1.50. The lowest BCUT2D eigenvalue weighted by molar-refractivity contribution is -0.137. The van der Waals surface area contributed by atoms with Gasteiger partial charge in [-0.2, -0.15) is 13.2 Å². The number of alkyl halides is 3. The SMILES string of the molecule is COc1ccc(-n2c(COc3ccc(Cl)cc3)nnc2SCC(=O)Nc2cccc(C(F)(F)F)c2)cc1. The van der Waals surface area contributed by atoms with Gasteiger partial charge in [0, 0.05) is 16.4 Å². The van der Waals surface area contributed by atoms with Gasteiger partial charge in [0.25, 0.3) is 0 Å². The normalized spacial score (nSPS) is 11.3. The number of carbonyl (C=O) groups is 1. The quantitative estimate of drug-likeness (QED) is 0.249. The van der Waals surface area contributed by atoms with Crippen molar-refractivity contribution in [1.29, 1.82) is 0 Å². The molecule has 7 nitrogen and oxygen atoms in total. The van der Waals surface area contributed by atoms with Gasteiger partial charge in [-0.1, -0.05) is 29.4 Å². The van der Waals surface area contributed by atoms with Crippen molar-refractivity contribution in [3.8, 4) is 17.2 Å². The largest absolute Gasteiger partial charge is 0.497 e. The minimum atomic E-state index is -4.51. The fraction of sp³-hybridized carbons (Fsp3) is 0.160. The molecule has 37 heavy (non-hydrogen) atoms. The van der Waals surface area contributed by atoms with E-state index in [1.807, 2.05) is 0 Å². The first-order valence-electron chi connectivity index (χ1n) is 10.8. The number of hydrogen-bond acceptors (Lipinski definition) is 6. The molecule has 0 aliphatic heterocycles. The van der Waals surface area contributed by atoms with Gasteiger partial charge in [-0.25, -0.2) is 0 Å². The van der Waals surface area contributed by atoms with Crippen LogP contribution in [0.2, 0.25) is 5.02 Å². The van der Waals surface area contributed by atoms with Crippen molar-refractivity contribution in [2.45, 2.75) is 17.9 Å². The molecule has 4 aromatic rings. The summed E-state index contributed by atoms with van der Waals surface area (Å²) >= 11 is 7.01. The molecule has 0 radical (unpaired) electrons. The predicted octanol–water partition coefficient (Wildman–Crippen LogP) is 6.26. The molecule has 0 spiro atoms. The number of benzene rings is 3. The molecule has 192 valence electrons. The van der Waals surface area contributed by atoms with Crippen molar-refractivity contribution >= 4 is 35.0 Å². The highest BCUT2D eigenvalue weighted by molar-refractivity contribution is 7.99. The number of hydrogen-bond donors (Lipinski definition) is 1. The van der Waals surface area contributed by atoms with Gasteiger partial charge in [0.2, 0.25) is 5.91 Å². The van der Waals surface area contributed by atoms with E-state index < -0.39 is 17.6 Å². The topological polar surface area (TPSA) is 78.3 Å². The molecule has 0 atom stereocenters. The number of anilines is 1. The zero-order valence-electron chi connectivity index (χ0n) is 19.3. The molecule has 0 saturated carbocycles. The van der Waals surface area contributed by atoms with Crippen molar-refractivity contribution in [1.82, 2.24) is 14.8 Å². The lowest BCUT2D eigenvalue weighted by Crippen LogP contribution is -2.15. The monoisotopic (exact) mass is 548 g/mol. The van der Waals surface area contributed by atoms with E-state index in [1.165, 1.54) is 12.1 Å². The average molecular weight is 549 g/mol. The van der Waals surface area contributed by atoms with Crippen molar-refractivity contribution in [2.75, 3.05) is 18.2 Å². The summed E-state index contributed by atoms with van der Waals surface area (Å²) in [5.41, 5.74) is -0.0853. The highest BCUT2D eigenvalue weighted by Gasteiger charge is 2.30. The van der Waals surface area contributed by atoms with Crippen LogP contribution in [0.1, 0.15) is 11.4 Å². The standard InChI is InChI=1S/C25H20ClF3N4O3S/c1-35-20-11-7-19(8-12-20)33-22(14-36-21-9-5-17(26)6-10-21)31-32-24(33)37-15-23(34)30-18-4-2-3-16(13-18)25(27,28)29/h2-13H,14-15H2,1H3,(H,30,34). The first kappa shape index (κ1) is 26.4. The summed E-state index contributed by atoms with van der Waals surface area (Å²) < 4.78 is 51.7. The van der Waals surface area contributed by atoms with Crippen LogP contribution in [0.15, 0.2) is 78.0 Å². The summed E-state index contributed by atoms with van der Waals surface area (Å²) in [4.78, 5) is 12.5. The van der Waals surface area contributed by atoms with E-state index in [9.17, 15) is 18.0 Å². The molecule has 1 aromatic heterocycles. The van der Waals surface area contributed by atoms with E-state index in [1.54, 1.807) is 60.2 Å². The first-order valence-corrected chi connectivity index (χ1v) is 12.2. The van der Waals surface area contributed by atoms with Crippen molar-refractivity contribution in [3.05, 3.63) is 89.2 Å². The second-order valence-electron chi connectivity index (χ2n) is 7.59. The Kier molecular flexibility index (Phi) is 8.24. The molecule has 0 unspecified atom stereocenters. The molecular weight excluding hydrogens is 529 g/mol. The first-order chi connectivity index (χ1) is 17.7. The van der Waals surface area contributed by atoms with Crippen molar-refractivity contribution in [2.24, 2.45) is 0 Å². The summed E-state index contributed by atoms with van der Waals surface area (Å²) in [6, 6.07) is 18.5. The number of aromatic nitrogens is 3. The number of nitrogens with one attached hydrogen (secondary N) is 1. The van der Waals surface area contributed by atoms with Crippen molar-refractivity contribution < 1.29 is 27.4 Å². The third kappa shape index (κ3) is 6.95. The molecule has 1 N–H and O–H groups in total. The lowest BCUT2D eigenvalue weighted by Gasteiger charge is -2.12. The zero-order valence-corrected chi connectivity index (χ0v) is 20.9. The fourth-order valence-electron chi connectivity index (χ4n) is 3.26. The summed E-state index contributed by atoms with van der Waals surface area (Å²) in [7, 11) is 1.56. The van der Waals surface area contributed by atoms with Gasteiger partial charge >= 0.3 is 6.18 Å². The van der Waals surface area contributed by atoms with Gasteiger partial charge in [-0.3, -0.25) is 9.36 Å². The van der Waals surface area contributed by atoms with Gasteiger partial charge < -0.3 is 14.8 Å². The number of rotatable bonds is 9. The van der Waals surface area contributed by atoms with Crippen LogP contribution in [0.4, 0.5) is 18.9 Å². The molecule has 4 rings (SSSR count). The third-order valence-corrected chi connectivity index (χ3v) is 6.20. The molecule has 1 amide bonds. The van der Waals surface area contributed by atoms with Crippen LogP contribution in [0.5, 0.6) is 11.5 Å². The average Bonchev–Trinajstić information content (AvgIpc) is 3.29. The Morgan fingerprint density at radius 1 is 1.03 bits per heavy atom. The van der Waals surface area contributed by atoms with E-state index in [-0.39, 0.29) is 18.0 Å². The van der Waals surface area contributed by atoms with Gasteiger partial charge in [-0.15, -0.1) is 10.2 Å². The smallest absolute Gasteiger partial charge is 0.416 e. The van der Waals surface area contributed by atoms with E-state index in [4.69, 9.17) is 21.1 Å². The molecule has 3 aromatic carbocycles. The number of ether oxygens (including phenoxy) is 2. The van der Waals surface area contributed by atoms with Crippen LogP contribution in [-0.4, -0.2) is 33.5 Å². The highest BCUT2D eigenvalue weighted by Crippen LogP contribution is 2.31. The molecule has 1 heterocycles. The molecule has 0 saturated heterocycles. The van der Waals surface area contributed by atoms with E-state index >= 15 is 0 Å². The van der Waals surface area contributed by atoms with Crippen LogP contribution in [0.25, 0.3) is 5.69 Å². The fourth-order valence-corrected chi connectivity index (χ4v) is 4.15. The molecule has 0 bridgehead atoms. The minimum Gasteiger partial charge on any atom is -0.497 e. The Morgan fingerprint density at radius 3 is 2.41 bits per heavy atom. The van der Waals surface area contributed by atoms with E-state index in [2.05, 4.69) is 15.5 Å². The Morgan fingerprint density at radius 2 is 1.73 bits per heavy atom. The van der Waals surface area contributed by atoms with Crippen LogP contribution < -0.4 is 14.8 Å². The van der Waals surface area contributed by atoms with Gasteiger partial charge in [0.15, 0.2) is 11.0 Å². The molecule has 0 fully saturated rings. The summed E-state index contributed by atoms with van der Waals surface area (Å²) in [6.07, 6.45) is -4.51. The molecule has 0 aliphatic carbocycles. The number of halogens is 4. The minimum absolute atomic E-state index is 0.0501. The van der Waals surface area contributed by atoms with Gasteiger partial charge in [-0.05, 0) is 66.7 Å². The molecular formula is C25H20ClF3N4O3S. The maximum atomic E-state index is 13.0. The molecule has 12 heteroatoms. The van der Waals surface area contributed by atoms with Crippen LogP contribution in [0.3, 0.4) is 0 Å². The van der Waals surface area contributed by atoms with Crippen LogP contribution >= 0.6 is 23.4 Å². The van der Waals surface area contributed by atoms with Gasteiger partial charge in [0.05, 0.1) is 18.4 Å². The summed E-state index contributed by atoms with van der Waals surface area (Å²) in [6.45, 7) is 0.0810. The van der Waals surface area contributed by atoms with E-state index in [0.717, 1.165) is 23.9 Å². The summed E-state index contributed by atoms with van der Waals surface area (Å²) in [5.74, 6) is 1.12. The maximum Gasteiger partial charge on any atom is 0.416 e. The Bertz CT molecular complexity index is 1360. The van der Waals surface area contributed by atoms with Gasteiger partial charge in [0.1, 0.15) is 18.1 Å². The van der Waals surface area contributed by atoms with Crippen molar-refractivity contribution in [3.63, 3.8) is 0 Å². The summed E-state index contributed by atoms with van der Waals surface area (Å²) in [5, 5.41) is 11.9. The third-order valence-electron chi connectivity index (χ3n) is 5.02.